The summed E-state index contributed by atoms with van der Waals surface area (Å²) in [5, 5.41) is 0.850. The zero-order valence-corrected chi connectivity index (χ0v) is 8.68. The van der Waals surface area contributed by atoms with E-state index in [1.54, 1.807) is 11.8 Å². The summed E-state index contributed by atoms with van der Waals surface area (Å²) < 4.78 is 0. The van der Waals surface area contributed by atoms with Crippen LogP contribution in [0.5, 0.6) is 0 Å². The van der Waals surface area contributed by atoms with Crippen molar-refractivity contribution < 1.29 is 4.79 Å². The molecule has 0 saturated carbocycles. The first-order chi connectivity index (χ1) is 5.57. The molecule has 0 aromatic heterocycles. The van der Waals surface area contributed by atoms with Crippen LogP contribution < -0.4 is 0 Å². The normalized spacial score (nSPS) is 29.0. The lowest BCUT2D eigenvalue weighted by atomic mass is 10.2. The fraction of sp³-hybridized carbons (Fsp3) is 0.750. The third-order valence-electron chi connectivity index (χ3n) is 2.15. The van der Waals surface area contributed by atoms with Crippen LogP contribution in [0.2, 0.25) is 0 Å². The molecule has 1 heterocycles. The smallest absolute Gasteiger partial charge is 0.225 e. The zero-order valence-electron chi connectivity index (χ0n) is 7.87. The van der Waals surface area contributed by atoms with Gasteiger partial charge in [-0.15, -0.1) is 0 Å². The van der Waals surface area contributed by atoms with E-state index in [1.165, 1.54) is 11.8 Å². The molecule has 0 aliphatic carbocycles. The summed E-state index contributed by atoms with van der Waals surface area (Å²) in [7, 11) is 0. The quantitative estimate of drug-likeness (QED) is 0.572. The Labute approximate surface area is 77.2 Å². The number of hydrogen-bond donors (Lipinski definition) is 0. The van der Waals surface area contributed by atoms with E-state index < -0.39 is 0 Å². The third kappa shape index (κ3) is 1.48. The van der Waals surface area contributed by atoms with Crippen LogP contribution in [0.1, 0.15) is 20.8 Å². The lowest BCUT2D eigenvalue weighted by Crippen LogP contribution is -2.39. The molecule has 4 heteroatoms. The van der Waals surface area contributed by atoms with E-state index in [2.05, 4.69) is 4.99 Å². The van der Waals surface area contributed by atoms with Gasteiger partial charge in [-0.3, -0.25) is 14.7 Å². The number of rotatable bonds is 0. The number of amidine groups is 1. The Balaban J connectivity index is 2.85. The van der Waals surface area contributed by atoms with Crippen molar-refractivity contribution in [2.45, 2.75) is 32.9 Å². The minimum Gasteiger partial charge on any atom is -0.287 e. The molecule has 1 aliphatic rings. The Kier molecular flexibility index (Phi) is 2.77. The highest BCUT2D eigenvalue weighted by Gasteiger charge is 2.31. The molecule has 1 amide bonds. The molecule has 0 spiro atoms. The topological polar surface area (TPSA) is 32.7 Å². The maximum atomic E-state index is 11.2. The summed E-state index contributed by atoms with van der Waals surface area (Å²) in [6.45, 7) is 5.64. The fourth-order valence-electron chi connectivity index (χ4n) is 1.31. The summed E-state index contributed by atoms with van der Waals surface area (Å²) in [5.41, 5.74) is 0. The van der Waals surface area contributed by atoms with Gasteiger partial charge in [0.05, 0.1) is 12.1 Å². The molecule has 0 saturated heterocycles. The van der Waals surface area contributed by atoms with E-state index in [-0.39, 0.29) is 18.0 Å². The molecule has 3 nitrogen and oxygen atoms in total. The summed E-state index contributed by atoms with van der Waals surface area (Å²) in [6, 6.07) is 0.446. The van der Waals surface area contributed by atoms with Crippen molar-refractivity contribution in [2.75, 3.05) is 6.26 Å². The number of hydrogen-bond acceptors (Lipinski definition) is 3. The first-order valence-electron chi connectivity index (χ1n) is 3.99. The van der Waals surface area contributed by atoms with Gasteiger partial charge in [0.25, 0.3) is 0 Å². The molecule has 0 bridgehead atoms. The highest BCUT2D eigenvalue weighted by Crippen LogP contribution is 2.22. The molecule has 1 aliphatic heterocycles. The number of aliphatic imine (C=N–C) groups is 1. The van der Waals surface area contributed by atoms with Crippen molar-refractivity contribution in [3.8, 4) is 0 Å². The van der Waals surface area contributed by atoms with Gasteiger partial charge >= 0.3 is 0 Å². The second-order valence-corrected chi connectivity index (χ2v) is 3.76. The number of amides is 1. The van der Waals surface area contributed by atoms with Gasteiger partial charge in [0.2, 0.25) is 5.91 Å². The van der Waals surface area contributed by atoms with E-state index in [0.717, 1.165) is 5.17 Å². The molecule has 0 fully saturated rings. The highest BCUT2D eigenvalue weighted by atomic mass is 32.2. The number of carbonyl (C=O) groups excluding carboxylic acids is 1. The van der Waals surface area contributed by atoms with E-state index in [0.29, 0.717) is 0 Å². The molecule has 1 rings (SSSR count). The molecule has 68 valence electrons. The fourth-order valence-corrected chi connectivity index (χ4v) is 2.07. The second kappa shape index (κ2) is 3.47. The van der Waals surface area contributed by atoms with Crippen molar-refractivity contribution in [1.29, 1.82) is 0 Å². The first-order valence-corrected chi connectivity index (χ1v) is 5.22. The third-order valence-corrected chi connectivity index (χ3v) is 2.81. The largest absolute Gasteiger partial charge is 0.287 e. The number of nitrogens with zero attached hydrogens (tertiary/aromatic N) is 2. The van der Waals surface area contributed by atoms with Crippen LogP contribution in [0.15, 0.2) is 4.99 Å². The lowest BCUT2D eigenvalue weighted by molar-refractivity contribution is -0.126. The van der Waals surface area contributed by atoms with Gasteiger partial charge in [-0.05, 0) is 20.1 Å². The molecule has 0 radical (unpaired) electrons. The minimum atomic E-state index is 0.0833. The molecule has 12 heavy (non-hydrogen) atoms. The van der Waals surface area contributed by atoms with Crippen molar-refractivity contribution >= 4 is 22.8 Å². The van der Waals surface area contributed by atoms with Crippen LogP contribution in [0.3, 0.4) is 0 Å². The van der Waals surface area contributed by atoms with E-state index >= 15 is 0 Å². The lowest BCUT2D eigenvalue weighted by Gasteiger charge is -2.21. The maximum Gasteiger partial charge on any atom is 0.225 e. The predicted octanol–water partition coefficient (Wildman–Crippen LogP) is 1.34. The van der Waals surface area contributed by atoms with Crippen LogP contribution in [0, 0.1) is 0 Å². The van der Waals surface area contributed by atoms with Crippen molar-refractivity contribution in [1.82, 2.24) is 4.90 Å². The van der Waals surface area contributed by atoms with Gasteiger partial charge in [-0.1, -0.05) is 11.8 Å². The zero-order chi connectivity index (χ0) is 9.30. The highest BCUT2D eigenvalue weighted by molar-refractivity contribution is 8.13. The molecule has 0 N–H and O–H groups in total. The Morgan fingerprint density at radius 1 is 1.58 bits per heavy atom. The second-order valence-electron chi connectivity index (χ2n) is 2.99. The molecule has 0 aromatic carbocycles. The van der Waals surface area contributed by atoms with Crippen molar-refractivity contribution in [3.63, 3.8) is 0 Å². The van der Waals surface area contributed by atoms with Crippen LogP contribution in [0.4, 0.5) is 0 Å². The van der Waals surface area contributed by atoms with Crippen molar-refractivity contribution in [3.05, 3.63) is 0 Å². The number of thioether (sulfide) groups is 1. The first kappa shape index (κ1) is 9.58. The van der Waals surface area contributed by atoms with Gasteiger partial charge in [0.15, 0.2) is 5.17 Å². The Morgan fingerprint density at radius 3 is 2.50 bits per heavy atom. The van der Waals surface area contributed by atoms with Crippen LogP contribution in [0.25, 0.3) is 0 Å². The molecular formula is C8H14N2OS. The average molecular weight is 186 g/mol. The SMILES string of the molecule is CSC1=N[C@@H](C)[C@@H](C)N1C(C)=O. The summed E-state index contributed by atoms with van der Waals surface area (Å²) in [5.74, 6) is 0.0833. The Morgan fingerprint density at radius 2 is 2.17 bits per heavy atom. The van der Waals surface area contributed by atoms with Crippen LogP contribution in [-0.2, 0) is 4.79 Å². The summed E-state index contributed by atoms with van der Waals surface area (Å²) >= 11 is 1.53. The molecule has 0 aromatic rings. The summed E-state index contributed by atoms with van der Waals surface area (Å²) in [6.07, 6.45) is 1.94. The van der Waals surface area contributed by atoms with E-state index in [1.807, 2.05) is 20.1 Å². The van der Waals surface area contributed by atoms with Gasteiger partial charge in [0.1, 0.15) is 0 Å². The average Bonchev–Trinajstić information content (AvgIpc) is 2.28. The Hall–Kier alpha value is -0.510. The summed E-state index contributed by atoms with van der Waals surface area (Å²) in [4.78, 5) is 17.3. The molecule has 2 atom stereocenters. The molecule has 0 unspecified atom stereocenters. The van der Waals surface area contributed by atoms with E-state index in [9.17, 15) is 4.79 Å². The monoisotopic (exact) mass is 186 g/mol. The molecular weight excluding hydrogens is 172 g/mol. The van der Waals surface area contributed by atoms with Gasteiger partial charge in [-0.25, -0.2) is 0 Å². The predicted molar refractivity (Wildman–Crippen MR) is 52.4 cm³/mol. The van der Waals surface area contributed by atoms with Gasteiger partial charge in [-0.2, -0.15) is 0 Å². The number of carbonyl (C=O) groups is 1. The van der Waals surface area contributed by atoms with Gasteiger partial charge < -0.3 is 0 Å². The van der Waals surface area contributed by atoms with Gasteiger partial charge in [0, 0.05) is 6.92 Å². The van der Waals surface area contributed by atoms with Crippen LogP contribution >= 0.6 is 11.8 Å². The minimum absolute atomic E-state index is 0.0833. The standard InChI is InChI=1S/C8H14N2OS/c1-5-6(2)10(7(3)11)8(9-5)12-4/h5-6H,1-4H3/t5-,6+/m0/s1. The van der Waals surface area contributed by atoms with Crippen molar-refractivity contribution in [2.24, 2.45) is 4.99 Å². The van der Waals surface area contributed by atoms with Crippen LogP contribution in [-0.4, -0.2) is 34.3 Å². The Bertz CT molecular complexity index is 227. The maximum absolute atomic E-state index is 11.2. The van der Waals surface area contributed by atoms with E-state index in [4.69, 9.17) is 0 Å².